The van der Waals surface area contributed by atoms with Crippen LogP contribution in [0.15, 0.2) is 60.7 Å². The number of methoxy groups -OCH3 is 1. The second-order valence-electron chi connectivity index (χ2n) is 6.48. The summed E-state index contributed by atoms with van der Waals surface area (Å²) in [5.41, 5.74) is 0.485. The highest BCUT2D eigenvalue weighted by molar-refractivity contribution is 5.90. The first-order valence-corrected chi connectivity index (χ1v) is 9.04. The molecule has 1 heterocycles. The summed E-state index contributed by atoms with van der Waals surface area (Å²) in [6, 6.07) is 16.3. The lowest BCUT2D eigenvalue weighted by molar-refractivity contribution is -0.286. The largest absolute Gasteiger partial charge is 0.452 e. The summed E-state index contributed by atoms with van der Waals surface area (Å²) in [6.45, 7) is -0.0586. The molecule has 2 aromatic rings. The topological polar surface area (TPSA) is 112 Å². The number of carbonyl (C=O) groups excluding carboxylic acids is 2. The van der Waals surface area contributed by atoms with Crippen LogP contribution in [0.25, 0.3) is 0 Å². The molecular weight excluding hydrogens is 380 g/mol. The Morgan fingerprint density at radius 2 is 1.34 bits per heavy atom. The maximum Gasteiger partial charge on any atom is 0.338 e. The van der Waals surface area contributed by atoms with Crippen molar-refractivity contribution < 1.29 is 38.7 Å². The van der Waals surface area contributed by atoms with Crippen LogP contribution in [0.1, 0.15) is 20.7 Å². The molecule has 154 valence electrons. The Morgan fingerprint density at radius 3 is 1.83 bits per heavy atom. The number of benzene rings is 2. The molecule has 0 amide bonds. The molecule has 1 aliphatic rings. The van der Waals surface area contributed by atoms with Crippen LogP contribution >= 0.6 is 0 Å². The second-order valence-corrected chi connectivity index (χ2v) is 6.48. The third-order valence-electron chi connectivity index (χ3n) is 4.47. The zero-order valence-corrected chi connectivity index (χ0v) is 15.7. The molecule has 0 saturated carbocycles. The molecule has 0 spiro atoms. The normalized spacial score (nSPS) is 26.5. The van der Waals surface area contributed by atoms with Gasteiger partial charge >= 0.3 is 11.9 Å². The predicted octanol–water partition coefficient (Wildman–Crippen LogP) is 1.16. The molecule has 1 saturated heterocycles. The van der Waals surface area contributed by atoms with E-state index < -0.39 is 42.6 Å². The molecule has 8 nitrogen and oxygen atoms in total. The van der Waals surface area contributed by atoms with E-state index in [0.717, 1.165) is 0 Å². The first-order chi connectivity index (χ1) is 14.0. The summed E-state index contributed by atoms with van der Waals surface area (Å²) in [4.78, 5) is 24.9. The Hall–Kier alpha value is -2.78. The molecule has 0 bridgehead atoms. The van der Waals surface area contributed by atoms with Crippen molar-refractivity contribution >= 4 is 11.9 Å². The molecule has 29 heavy (non-hydrogen) atoms. The molecule has 0 aromatic heterocycles. The lowest BCUT2D eigenvalue weighted by Gasteiger charge is -2.41. The lowest BCUT2D eigenvalue weighted by atomic mass is 9.98. The van der Waals surface area contributed by atoms with Gasteiger partial charge in [0.25, 0.3) is 0 Å². The summed E-state index contributed by atoms with van der Waals surface area (Å²) in [6.07, 6.45) is -6.78. The second kappa shape index (κ2) is 9.62. The Morgan fingerprint density at radius 1 is 0.862 bits per heavy atom. The SMILES string of the molecule is COC[C@H]1O[C@H](O)[C@H](OC(=O)c2ccccc2)[C@@H](OC(=O)c2ccccc2)[C@@H]1O. The van der Waals surface area contributed by atoms with Crippen molar-refractivity contribution in [3.63, 3.8) is 0 Å². The fourth-order valence-corrected chi connectivity index (χ4v) is 3.00. The summed E-state index contributed by atoms with van der Waals surface area (Å²) < 4.78 is 21.1. The zero-order valence-electron chi connectivity index (χ0n) is 15.7. The molecule has 0 unspecified atom stereocenters. The summed E-state index contributed by atoms with van der Waals surface area (Å²) in [5, 5.41) is 21.0. The van der Waals surface area contributed by atoms with Crippen LogP contribution in [0.4, 0.5) is 0 Å². The van der Waals surface area contributed by atoms with E-state index in [4.69, 9.17) is 18.9 Å². The minimum absolute atomic E-state index is 0.0586. The van der Waals surface area contributed by atoms with E-state index in [1.54, 1.807) is 48.5 Å². The monoisotopic (exact) mass is 402 g/mol. The lowest BCUT2D eigenvalue weighted by Crippen LogP contribution is -2.61. The van der Waals surface area contributed by atoms with E-state index in [0.29, 0.717) is 0 Å². The van der Waals surface area contributed by atoms with E-state index in [2.05, 4.69) is 0 Å². The molecule has 3 rings (SSSR count). The molecule has 0 radical (unpaired) electrons. The van der Waals surface area contributed by atoms with Gasteiger partial charge in [-0.3, -0.25) is 0 Å². The molecule has 5 atom stereocenters. The van der Waals surface area contributed by atoms with Crippen LogP contribution in [-0.4, -0.2) is 66.6 Å². The fourth-order valence-electron chi connectivity index (χ4n) is 3.00. The van der Waals surface area contributed by atoms with E-state index in [-0.39, 0.29) is 17.7 Å². The van der Waals surface area contributed by atoms with Gasteiger partial charge in [0.15, 0.2) is 18.5 Å². The molecule has 1 aliphatic heterocycles. The first-order valence-electron chi connectivity index (χ1n) is 9.04. The Balaban J connectivity index is 1.82. The third-order valence-corrected chi connectivity index (χ3v) is 4.47. The van der Waals surface area contributed by atoms with Gasteiger partial charge in [-0.2, -0.15) is 0 Å². The van der Waals surface area contributed by atoms with Crippen molar-refractivity contribution in [2.24, 2.45) is 0 Å². The minimum Gasteiger partial charge on any atom is -0.452 e. The van der Waals surface area contributed by atoms with Crippen LogP contribution < -0.4 is 0 Å². The van der Waals surface area contributed by atoms with Crippen molar-refractivity contribution in [2.75, 3.05) is 13.7 Å². The Kier molecular flexibility index (Phi) is 6.95. The minimum atomic E-state index is -1.63. The van der Waals surface area contributed by atoms with Gasteiger partial charge in [-0.25, -0.2) is 9.59 Å². The van der Waals surface area contributed by atoms with Crippen molar-refractivity contribution in [3.05, 3.63) is 71.8 Å². The summed E-state index contributed by atoms with van der Waals surface area (Å²) in [7, 11) is 1.40. The van der Waals surface area contributed by atoms with Crippen molar-refractivity contribution in [1.29, 1.82) is 0 Å². The van der Waals surface area contributed by atoms with Crippen LogP contribution in [0.2, 0.25) is 0 Å². The number of ether oxygens (including phenoxy) is 4. The van der Waals surface area contributed by atoms with Gasteiger partial charge in [-0.15, -0.1) is 0 Å². The maximum absolute atomic E-state index is 12.5. The van der Waals surface area contributed by atoms with Crippen molar-refractivity contribution in [3.8, 4) is 0 Å². The molecule has 2 N–H and O–H groups in total. The Bertz CT molecular complexity index is 810. The van der Waals surface area contributed by atoms with Crippen molar-refractivity contribution in [1.82, 2.24) is 0 Å². The zero-order chi connectivity index (χ0) is 20.8. The van der Waals surface area contributed by atoms with Crippen LogP contribution in [0, 0.1) is 0 Å². The van der Waals surface area contributed by atoms with Gasteiger partial charge in [-0.05, 0) is 24.3 Å². The van der Waals surface area contributed by atoms with E-state index in [1.807, 2.05) is 0 Å². The van der Waals surface area contributed by atoms with E-state index >= 15 is 0 Å². The highest BCUT2D eigenvalue weighted by Gasteiger charge is 2.49. The quantitative estimate of drug-likeness (QED) is 0.693. The molecule has 8 heteroatoms. The molecule has 0 aliphatic carbocycles. The summed E-state index contributed by atoms with van der Waals surface area (Å²) >= 11 is 0. The van der Waals surface area contributed by atoms with Crippen molar-refractivity contribution in [2.45, 2.75) is 30.7 Å². The first kappa shape index (κ1) is 20.9. The standard InChI is InChI=1S/C21H22O8/c1-26-12-15-16(22)17(28-19(23)13-8-4-2-5-9-13)18(21(25)27-15)29-20(24)14-10-6-3-7-11-14/h2-11,15-18,21-22,25H,12H2,1H3/t15-,16-,17+,18-,21+/m1/s1. The maximum atomic E-state index is 12.5. The Labute approximate surface area is 167 Å². The molecule has 1 fully saturated rings. The van der Waals surface area contributed by atoms with Gasteiger partial charge in [0.05, 0.1) is 17.7 Å². The van der Waals surface area contributed by atoms with Gasteiger partial charge in [0.2, 0.25) is 0 Å². The van der Waals surface area contributed by atoms with E-state index in [1.165, 1.54) is 19.2 Å². The van der Waals surface area contributed by atoms with Crippen LogP contribution in [-0.2, 0) is 18.9 Å². The number of esters is 2. The smallest absolute Gasteiger partial charge is 0.338 e. The van der Waals surface area contributed by atoms with Crippen LogP contribution in [0.3, 0.4) is 0 Å². The number of rotatable bonds is 6. The summed E-state index contributed by atoms with van der Waals surface area (Å²) in [5.74, 6) is -1.49. The van der Waals surface area contributed by atoms with Crippen LogP contribution in [0.5, 0.6) is 0 Å². The number of carbonyl (C=O) groups is 2. The highest BCUT2D eigenvalue weighted by Crippen LogP contribution is 2.27. The van der Waals surface area contributed by atoms with Gasteiger partial charge in [-0.1, -0.05) is 36.4 Å². The highest BCUT2D eigenvalue weighted by atomic mass is 16.7. The average molecular weight is 402 g/mol. The predicted molar refractivity (Wildman–Crippen MR) is 100 cm³/mol. The number of aliphatic hydroxyl groups is 2. The van der Waals surface area contributed by atoms with Gasteiger partial charge in [0, 0.05) is 7.11 Å². The number of hydrogen-bond acceptors (Lipinski definition) is 8. The van der Waals surface area contributed by atoms with E-state index in [9.17, 15) is 19.8 Å². The average Bonchev–Trinajstić information content (AvgIpc) is 2.75. The number of hydrogen-bond donors (Lipinski definition) is 2. The fraction of sp³-hybridized carbons (Fsp3) is 0.333. The van der Waals surface area contributed by atoms with Gasteiger partial charge < -0.3 is 29.2 Å². The third kappa shape index (κ3) is 4.99. The molecular formula is C21H22O8. The molecule has 2 aromatic carbocycles. The number of aliphatic hydroxyl groups excluding tert-OH is 2. The van der Waals surface area contributed by atoms with Gasteiger partial charge in [0.1, 0.15) is 12.2 Å².